The van der Waals surface area contributed by atoms with Crippen LogP contribution in [0.1, 0.15) is 9.88 Å². The Morgan fingerprint density at radius 3 is 2.86 bits per heavy atom. The van der Waals surface area contributed by atoms with E-state index in [1.54, 1.807) is 28.0 Å². The zero-order chi connectivity index (χ0) is 14.9. The minimum absolute atomic E-state index is 0.303. The van der Waals surface area contributed by atoms with Crippen LogP contribution >= 0.6 is 22.7 Å². The molecule has 0 bridgehead atoms. The third-order valence-electron chi connectivity index (χ3n) is 3.02. The average molecular weight is 328 g/mol. The summed E-state index contributed by atoms with van der Waals surface area (Å²) in [6.45, 7) is 0. The van der Waals surface area contributed by atoms with E-state index in [1.165, 1.54) is 23.5 Å². The van der Waals surface area contributed by atoms with Crippen molar-refractivity contribution in [1.29, 1.82) is 0 Å². The van der Waals surface area contributed by atoms with Gasteiger partial charge in [0.05, 0.1) is 0 Å². The molecule has 4 aromatic rings. The van der Waals surface area contributed by atoms with Crippen molar-refractivity contribution in [3.63, 3.8) is 0 Å². The van der Waals surface area contributed by atoms with Crippen LogP contribution in [-0.2, 0) is 0 Å². The van der Waals surface area contributed by atoms with Crippen molar-refractivity contribution in [3.05, 3.63) is 57.5 Å². The highest BCUT2D eigenvalue weighted by molar-refractivity contribution is 7.17. The minimum Gasteiger partial charge on any atom is -0.207 e. The van der Waals surface area contributed by atoms with E-state index in [9.17, 15) is 4.39 Å². The summed E-state index contributed by atoms with van der Waals surface area (Å²) in [6, 6.07) is 10.3. The topological polar surface area (TPSA) is 43.1 Å². The quantitative estimate of drug-likeness (QED) is 0.565. The largest absolute Gasteiger partial charge is 0.235 e. The van der Waals surface area contributed by atoms with E-state index in [1.807, 2.05) is 29.7 Å². The number of nitrogens with zero attached hydrogens (tertiary/aromatic N) is 4. The van der Waals surface area contributed by atoms with Gasteiger partial charge in [-0.1, -0.05) is 29.5 Å². The van der Waals surface area contributed by atoms with Crippen molar-refractivity contribution in [2.45, 2.75) is 0 Å². The second-order valence-corrected chi connectivity index (χ2v) is 6.48. The molecule has 0 N–H and O–H groups in total. The molecule has 0 unspecified atom stereocenters. The molecule has 22 heavy (non-hydrogen) atoms. The molecule has 3 heterocycles. The van der Waals surface area contributed by atoms with E-state index >= 15 is 0 Å². The molecular weight excluding hydrogens is 319 g/mol. The summed E-state index contributed by atoms with van der Waals surface area (Å²) >= 11 is 3.11. The van der Waals surface area contributed by atoms with Gasteiger partial charge >= 0.3 is 0 Å². The van der Waals surface area contributed by atoms with Crippen LogP contribution in [0.3, 0.4) is 0 Å². The molecule has 0 saturated carbocycles. The molecule has 1 aromatic carbocycles. The number of hydrogen-bond acceptors (Lipinski definition) is 5. The van der Waals surface area contributed by atoms with Crippen molar-refractivity contribution in [2.24, 2.45) is 0 Å². The average Bonchev–Trinajstić information content (AvgIpc) is 3.22. The normalized spacial score (nSPS) is 11.7. The van der Waals surface area contributed by atoms with E-state index in [2.05, 4.69) is 15.3 Å². The fourth-order valence-electron chi connectivity index (χ4n) is 2.05. The Morgan fingerprint density at radius 2 is 2.05 bits per heavy atom. The van der Waals surface area contributed by atoms with Crippen LogP contribution in [0, 0.1) is 5.82 Å². The predicted molar refractivity (Wildman–Crippen MR) is 87.3 cm³/mol. The van der Waals surface area contributed by atoms with Crippen molar-refractivity contribution < 1.29 is 4.39 Å². The summed E-state index contributed by atoms with van der Waals surface area (Å²) in [5.41, 5.74) is 0.659. The second kappa shape index (κ2) is 5.43. The van der Waals surface area contributed by atoms with Gasteiger partial charge in [-0.25, -0.2) is 4.39 Å². The maximum absolute atomic E-state index is 13.4. The van der Waals surface area contributed by atoms with Crippen LogP contribution in [0.4, 0.5) is 4.39 Å². The zero-order valence-corrected chi connectivity index (χ0v) is 12.8. The van der Waals surface area contributed by atoms with E-state index < -0.39 is 0 Å². The summed E-state index contributed by atoms with van der Waals surface area (Å²) in [5, 5.41) is 15.5. The molecule has 0 aliphatic carbocycles. The highest BCUT2D eigenvalue weighted by Gasteiger charge is 2.12. The summed E-state index contributed by atoms with van der Waals surface area (Å²) in [5.74, 6) is 0.240. The number of aromatic nitrogens is 4. The molecule has 0 aliphatic heterocycles. The molecule has 3 aromatic heterocycles. The first-order valence-electron chi connectivity index (χ1n) is 6.49. The Balaban J connectivity index is 1.73. The SMILES string of the molecule is Fc1cccc(-c2nnc3sc(/C=C/c4cccs4)nn23)c1. The number of rotatable bonds is 3. The maximum atomic E-state index is 13.4. The van der Waals surface area contributed by atoms with E-state index in [4.69, 9.17) is 0 Å². The van der Waals surface area contributed by atoms with E-state index in [0.717, 1.165) is 9.88 Å². The van der Waals surface area contributed by atoms with Gasteiger partial charge in [-0.15, -0.1) is 21.5 Å². The molecule has 4 nitrogen and oxygen atoms in total. The third kappa shape index (κ3) is 2.44. The molecule has 0 radical (unpaired) electrons. The van der Waals surface area contributed by atoms with Gasteiger partial charge in [0, 0.05) is 10.4 Å². The fraction of sp³-hybridized carbons (Fsp3) is 0. The van der Waals surface area contributed by atoms with Crippen LogP contribution in [-0.4, -0.2) is 19.8 Å². The summed E-state index contributed by atoms with van der Waals surface area (Å²) in [7, 11) is 0. The lowest BCUT2D eigenvalue weighted by molar-refractivity contribution is 0.628. The number of halogens is 1. The van der Waals surface area contributed by atoms with E-state index in [0.29, 0.717) is 16.3 Å². The third-order valence-corrected chi connectivity index (χ3v) is 4.72. The van der Waals surface area contributed by atoms with Crippen LogP contribution in [0.25, 0.3) is 28.5 Å². The Labute approximate surface area is 133 Å². The summed E-state index contributed by atoms with van der Waals surface area (Å²) in [4.78, 5) is 1.85. The van der Waals surface area contributed by atoms with Crippen molar-refractivity contribution in [1.82, 2.24) is 19.8 Å². The molecule has 0 amide bonds. The molecule has 0 fully saturated rings. The monoisotopic (exact) mass is 328 g/mol. The van der Waals surface area contributed by atoms with Gasteiger partial charge in [-0.3, -0.25) is 0 Å². The molecule has 0 saturated heterocycles. The number of hydrogen-bond donors (Lipinski definition) is 0. The second-order valence-electron chi connectivity index (χ2n) is 4.52. The number of thiophene rings is 1. The first-order valence-corrected chi connectivity index (χ1v) is 8.19. The first kappa shape index (κ1) is 13.3. The number of benzene rings is 1. The Kier molecular flexibility index (Phi) is 3.28. The van der Waals surface area contributed by atoms with E-state index in [-0.39, 0.29) is 5.82 Å². The van der Waals surface area contributed by atoms with Gasteiger partial charge in [-0.05, 0) is 35.7 Å². The van der Waals surface area contributed by atoms with Gasteiger partial charge in [0.15, 0.2) is 5.82 Å². The Hall–Kier alpha value is -2.38. The van der Waals surface area contributed by atoms with Crippen molar-refractivity contribution in [3.8, 4) is 11.4 Å². The van der Waals surface area contributed by atoms with Gasteiger partial charge in [0.25, 0.3) is 0 Å². The lowest BCUT2D eigenvalue weighted by Gasteiger charge is -1.96. The van der Waals surface area contributed by atoms with Crippen LogP contribution in [0.15, 0.2) is 41.8 Å². The molecule has 0 spiro atoms. The van der Waals surface area contributed by atoms with Crippen LogP contribution in [0.5, 0.6) is 0 Å². The van der Waals surface area contributed by atoms with Gasteiger partial charge < -0.3 is 0 Å². The van der Waals surface area contributed by atoms with Gasteiger partial charge in [0.1, 0.15) is 10.8 Å². The minimum atomic E-state index is -0.303. The van der Waals surface area contributed by atoms with Gasteiger partial charge in [0.2, 0.25) is 4.96 Å². The molecule has 0 aliphatic rings. The number of fused-ring (bicyclic) bond motifs is 1. The molecule has 108 valence electrons. The Bertz CT molecular complexity index is 953. The molecule has 0 atom stereocenters. The lowest BCUT2D eigenvalue weighted by atomic mass is 10.2. The highest BCUT2D eigenvalue weighted by atomic mass is 32.1. The maximum Gasteiger partial charge on any atom is 0.235 e. The van der Waals surface area contributed by atoms with Crippen molar-refractivity contribution >= 4 is 39.8 Å². The van der Waals surface area contributed by atoms with Crippen LogP contribution < -0.4 is 0 Å². The zero-order valence-electron chi connectivity index (χ0n) is 11.2. The van der Waals surface area contributed by atoms with Crippen molar-refractivity contribution in [2.75, 3.05) is 0 Å². The predicted octanol–water partition coefficient (Wildman–Crippen LogP) is 4.22. The standard InChI is InChI=1S/C15H9FN4S2/c16-11-4-1-3-10(9-11)14-17-18-15-20(14)19-13(22-15)7-6-12-5-2-8-21-12/h1-9H/b7-6+. The highest BCUT2D eigenvalue weighted by Crippen LogP contribution is 2.23. The summed E-state index contributed by atoms with van der Waals surface area (Å²) < 4.78 is 15.0. The lowest BCUT2D eigenvalue weighted by Crippen LogP contribution is -1.91. The van der Waals surface area contributed by atoms with Gasteiger partial charge in [-0.2, -0.15) is 9.61 Å². The van der Waals surface area contributed by atoms with Crippen LogP contribution in [0.2, 0.25) is 0 Å². The molecule has 7 heteroatoms. The summed E-state index contributed by atoms with van der Waals surface area (Å²) in [6.07, 6.45) is 3.96. The Morgan fingerprint density at radius 1 is 1.09 bits per heavy atom. The smallest absolute Gasteiger partial charge is 0.207 e. The molecule has 4 rings (SSSR count). The first-order chi connectivity index (χ1) is 10.8. The molecular formula is C15H9FN4S2. The fourth-order valence-corrected chi connectivity index (χ4v) is 3.41.